The molecular weight excluding hydrogens is 271 g/mol. The number of nitrogens with zero attached hydrogens (tertiary/aromatic N) is 2. The standard InChI is InChI=1S/C16H13FN2O2/c1-2-12-13-4-3-9-19(13)18-15(14(12)16(20)21)10-5-7-11(17)8-6-10/h3-9H,2H2,1H3,(H,20,21). The fraction of sp³-hybridized carbons (Fsp3) is 0.125. The first-order chi connectivity index (χ1) is 10.1. The highest BCUT2D eigenvalue weighted by Gasteiger charge is 2.21. The number of benzene rings is 1. The third-order valence-electron chi connectivity index (χ3n) is 3.47. The van der Waals surface area contributed by atoms with Gasteiger partial charge < -0.3 is 5.11 Å². The van der Waals surface area contributed by atoms with E-state index in [0.717, 1.165) is 11.1 Å². The van der Waals surface area contributed by atoms with Gasteiger partial charge in [-0.15, -0.1) is 0 Å². The van der Waals surface area contributed by atoms with Gasteiger partial charge >= 0.3 is 5.97 Å². The smallest absolute Gasteiger partial charge is 0.338 e. The summed E-state index contributed by atoms with van der Waals surface area (Å²) in [4.78, 5) is 11.7. The van der Waals surface area contributed by atoms with Crippen LogP contribution in [0, 0.1) is 5.82 Å². The minimum atomic E-state index is -1.03. The summed E-state index contributed by atoms with van der Waals surface area (Å²) in [7, 11) is 0. The zero-order chi connectivity index (χ0) is 15.0. The summed E-state index contributed by atoms with van der Waals surface area (Å²) in [6, 6.07) is 9.34. The minimum absolute atomic E-state index is 0.176. The van der Waals surface area contributed by atoms with Crippen molar-refractivity contribution >= 4 is 11.5 Å². The molecule has 0 aliphatic heterocycles. The van der Waals surface area contributed by atoms with E-state index < -0.39 is 5.97 Å². The molecule has 0 radical (unpaired) electrons. The van der Waals surface area contributed by atoms with Gasteiger partial charge in [-0.05, 0) is 48.4 Å². The molecule has 21 heavy (non-hydrogen) atoms. The zero-order valence-electron chi connectivity index (χ0n) is 11.4. The van der Waals surface area contributed by atoms with Crippen LogP contribution in [0.15, 0.2) is 42.6 Å². The van der Waals surface area contributed by atoms with Gasteiger partial charge in [0.15, 0.2) is 0 Å². The number of carboxylic acid groups (broad SMARTS) is 1. The van der Waals surface area contributed by atoms with Gasteiger partial charge in [0.2, 0.25) is 0 Å². The number of carboxylic acids is 1. The topological polar surface area (TPSA) is 54.6 Å². The third-order valence-corrected chi connectivity index (χ3v) is 3.47. The molecule has 2 aromatic heterocycles. The van der Waals surface area contributed by atoms with E-state index in [-0.39, 0.29) is 11.4 Å². The molecule has 0 unspecified atom stereocenters. The molecule has 1 aromatic carbocycles. The van der Waals surface area contributed by atoms with Crippen molar-refractivity contribution in [1.29, 1.82) is 0 Å². The van der Waals surface area contributed by atoms with Crippen molar-refractivity contribution < 1.29 is 14.3 Å². The largest absolute Gasteiger partial charge is 0.478 e. The summed E-state index contributed by atoms with van der Waals surface area (Å²) in [5, 5.41) is 13.9. The predicted molar refractivity (Wildman–Crippen MR) is 76.9 cm³/mol. The van der Waals surface area contributed by atoms with Crippen LogP contribution in [0.2, 0.25) is 0 Å². The van der Waals surface area contributed by atoms with Gasteiger partial charge in [0.1, 0.15) is 11.5 Å². The molecule has 2 heterocycles. The van der Waals surface area contributed by atoms with E-state index in [1.54, 1.807) is 22.8 Å². The summed E-state index contributed by atoms with van der Waals surface area (Å²) in [6.07, 6.45) is 2.35. The third kappa shape index (κ3) is 2.16. The van der Waals surface area contributed by atoms with Crippen LogP contribution in [0.4, 0.5) is 4.39 Å². The monoisotopic (exact) mass is 284 g/mol. The Kier molecular flexibility index (Phi) is 3.17. The van der Waals surface area contributed by atoms with E-state index in [1.807, 2.05) is 19.1 Å². The Labute approximate surface area is 120 Å². The molecule has 3 rings (SSSR count). The predicted octanol–water partition coefficient (Wildman–Crippen LogP) is 3.40. The summed E-state index contributed by atoms with van der Waals surface area (Å²) < 4.78 is 14.7. The molecule has 0 spiro atoms. The number of halogens is 1. The number of fused-ring (bicyclic) bond motifs is 1. The average Bonchev–Trinajstić information content (AvgIpc) is 2.94. The molecule has 0 amide bonds. The molecule has 0 bridgehead atoms. The van der Waals surface area contributed by atoms with Crippen LogP contribution in [0.1, 0.15) is 22.8 Å². The van der Waals surface area contributed by atoms with E-state index in [4.69, 9.17) is 0 Å². The van der Waals surface area contributed by atoms with E-state index in [1.165, 1.54) is 12.1 Å². The van der Waals surface area contributed by atoms with Gasteiger partial charge in [0, 0.05) is 11.8 Å². The highest BCUT2D eigenvalue weighted by Crippen LogP contribution is 2.27. The first-order valence-electron chi connectivity index (χ1n) is 6.61. The molecule has 0 atom stereocenters. The van der Waals surface area contributed by atoms with Gasteiger partial charge in [-0.25, -0.2) is 13.7 Å². The summed E-state index contributed by atoms with van der Waals surface area (Å²) in [6.45, 7) is 1.91. The molecule has 0 saturated carbocycles. The van der Waals surface area contributed by atoms with Gasteiger partial charge in [0.25, 0.3) is 0 Å². The SMILES string of the molecule is CCc1c(C(=O)O)c(-c2ccc(F)cc2)nn2cccc12. The number of aromatic carboxylic acids is 1. The molecule has 0 fully saturated rings. The minimum Gasteiger partial charge on any atom is -0.478 e. The van der Waals surface area contributed by atoms with Crippen LogP contribution in [0.25, 0.3) is 16.8 Å². The van der Waals surface area contributed by atoms with Crippen molar-refractivity contribution in [2.45, 2.75) is 13.3 Å². The van der Waals surface area contributed by atoms with Gasteiger partial charge in [0.05, 0.1) is 11.1 Å². The molecule has 1 N–H and O–H groups in total. The van der Waals surface area contributed by atoms with Crippen LogP contribution in [0.3, 0.4) is 0 Å². The van der Waals surface area contributed by atoms with E-state index in [9.17, 15) is 14.3 Å². The first kappa shape index (κ1) is 13.3. The average molecular weight is 284 g/mol. The van der Waals surface area contributed by atoms with Crippen LogP contribution >= 0.6 is 0 Å². The number of rotatable bonds is 3. The fourth-order valence-corrected chi connectivity index (χ4v) is 2.53. The van der Waals surface area contributed by atoms with Gasteiger partial charge in [-0.3, -0.25) is 0 Å². The maximum absolute atomic E-state index is 13.1. The Balaban J connectivity index is 2.37. The van der Waals surface area contributed by atoms with E-state index >= 15 is 0 Å². The first-order valence-corrected chi connectivity index (χ1v) is 6.61. The Morgan fingerprint density at radius 1 is 1.29 bits per heavy atom. The van der Waals surface area contributed by atoms with Crippen molar-refractivity contribution in [2.24, 2.45) is 0 Å². The number of hydrogen-bond donors (Lipinski definition) is 1. The van der Waals surface area contributed by atoms with Crippen LogP contribution in [0.5, 0.6) is 0 Å². The Morgan fingerprint density at radius 3 is 2.62 bits per heavy atom. The molecule has 3 aromatic rings. The maximum atomic E-state index is 13.1. The van der Waals surface area contributed by atoms with Crippen LogP contribution in [-0.4, -0.2) is 20.7 Å². The molecular formula is C16H13FN2O2. The molecule has 5 heteroatoms. The quantitative estimate of drug-likeness (QED) is 0.802. The lowest BCUT2D eigenvalue weighted by atomic mass is 9.99. The molecule has 0 saturated heterocycles. The van der Waals surface area contributed by atoms with Crippen molar-refractivity contribution in [3.05, 3.63) is 59.5 Å². The van der Waals surface area contributed by atoms with Crippen LogP contribution < -0.4 is 0 Å². The Bertz CT molecular complexity index is 822. The fourth-order valence-electron chi connectivity index (χ4n) is 2.53. The van der Waals surface area contributed by atoms with Gasteiger partial charge in [-0.1, -0.05) is 6.92 Å². The Hall–Kier alpha value is -2.69. The van der Waals surface area contributed by atoms with Crippen molar-refractivity contribution in [1.82, 2.24) is 9.61 Å². The summed E-state index contributed by atoms with van der Waals surface area (Å²) in [5.41, 5.74) is 2.61. The molecule has 4 nitrogen and oxygen atoms in total. The lowest BCUT2D eigenvalue weighted by Gasteiger charge is -2.12. The Morgan fingerprint density at radius 2 is 2.00 bits per heavy atom. The van der Waals surface area contributed by atoms with Crippen molar-refractivity contribution in [3.8, 4) is 11.3 Å². The molecule has 0 aliphatic rings. The second-order valence-electron chi connectivity index (χ2n) is 4.71. The van der Waals surface area contributed by atoms with Crippen LogP contribution in [-0.2, 0) is 6.42 Å². The lowest BCUT2D eigenvalue weighted by molar-refractivity contribution is 0.0696. The molecule has 106 valence electrons. The summed E-state index contributed by atoms with van der Waals surface area (Å²) in [5.74, 6) is -1.39. The second kappa shape index (κ2) is 5.01. The highest BCUT2D eigenvalue weighted by atomic mass is 19.1. The number of aromatic nitrogens is 2. The zero-order valence-corrected chi connectivity index (χ0v) is 11.4. The summed E-state index contributed by atoms with van der Waals surface area (Å²) >= 11 is 0. The number of hydrogen-bond acceptors (Lipinski definition) is 2. The highest BCUT2D eigenvalue weighted by molar-refractivity contribution is 5.98. The number of carbonyl (C=O) groups is 1. The van der Waals surface area contributed by atoms with E-state index in [2.05, 4.69) is 5.10 Å². The lowest BCUT2D eigenvalue weighted by Crippen LogP contribution is -2.10. The van der Waals surface area contributed by atoms with Crippen molar-refractivity contribution in [3.63, 3.8) is 0 Å². The maximum Gasteiger partial charge on any atom is 0.338 e. The van der Waals surface area contributed by atoms with Crippen molar-refractivity contribution in [2.75, 3.05) is 0 Å². The normalized spacial score (nSPS) is 11.0. The number of aryl methyl sites for hydroxylation is 1. The van der Waals surface area contributed by atoms with E-state index in [0.29, 0.717) is 17.7 Å². The molecule has 0 aliphatic carbocycles. The van der Waals surface area contributed by atoms with Gasteiger partial charge in [-0.2, -0.15) is 5.10 Å². The second-order valence-corrected chi connectivity index (χ2v) is 4.71.